The minimum Gasteiger partial charge on any atom is -0.353 e. The van der Waals surface area contributed by atoms with Crippen LogP contribution in [0.2, 0.25) is 0 Å². The number of piperazine rings is 1. The van der Waals surface area contributed by atoms with Gasteiger partial charge in [0, 0.05) is 31.7 Å². The lowest BCUT2D eigenvalue weighted by Gasteiger charge is -2.41. The molecule has 122 valence electrons. The molecule has 23 heavy (non-hydrogen) atoms. The van der Waals surface area contributed by atoms with Gasteiger partial charge >= 0.3 is 0 Å². The van der Waals surface area contributed by atoms with Gasteiger partial charge in [-0.05, 0) is 18.2 Å². The van der Waals surface area contributed by atoms with E-state index in [0.29, 0.717) is 13.1 Å². The number of halogens is 2. The standard InChI is InChI=1S/C15H15F2N3O3/c16-11-2-1-9(5-12(11)17)14(22)20-6-10(7-20)15(23)19-4-3-18-13(21)8-19/h1-2,5,10H,3-4,6-8H2,(H,18,21). The van der Waals surface area contributed by atoms with Crippen LogP contribution in [-0.2, 0) is 9.59 Å². The van der Waals surface area contributed by atoms with Crippen molar-refractivity contribution in [3.05, 3.63) is 35.4 Å². The molecule has 0 atom stereocenters. The first kappa shape index (κ1) is 15.4. The number of amides is 3. The third-order valence-corrected chi connectivity index (χ3v) is 4.03. The van der Waals surface area contributed by atoms with Gasteiger partial charge in [0.05, 0.1) is 12.5 Å². The molecule has 0 saturated carbocycles. The third-order valence-electron chi connectivity index (χ3n) is 4.03. The summed E-state index contributed by atoms with van der Waals surface area (Å²) in [6.07, 6.45) is 0. The Bertz CT molecular complexity index is 674. The van der Waals surface area contributed by atoms with Crippen LogP contribution in [0.1, 0.15) is 10.4 Å². The first-order chi connectivity index (χ1) is 11.0. The SMILES string of the molecule is O=C1CN(C(=O)C2CN(C(=O)c3ccc(F)c(F)c3)C2)CCN1. The summed E-state index contributed by atoms with van der Waals surface area (Å²) in [5.74, 6) is -3.24. The number of hydrogen-bond donors (Lipinski definition) is 1. The largest absolute Gasteiger partial charge is 0.353 e. The number of hydrogen-bond acceptors (Lipinski definition) is 3. The van der Waals surface area contributed by atoms with Crippen LogP contribution >= 0.6 is 0 Å². The van der Waals surface area contributed by atoms with E-state index >= 15 is 0 Å². The molecule has 0 spiro atoms. The summed E-state index contributed by atoms with van der Waals surface area (Å²) in [6, 6.07) is 2.96. The molecule has 0 unspecified atom stereocenters. The van der Waals surface area contributed by atoms with Crippen LogP contribution in [0, 0.1) is 17.6 Å². The first-order valence-corrected chi connectivity index (χ1v) is 7.25. The maximum absolute atomic E-state index is 13.2. The van der Waals surface area contributed by atoms with Gasteiger partial charge in [-0.3, -0.25) is 14.4 Å². The smallest absolute Gasteiger partial charge is 0.254 e. The lowest BCUT2D eigenvalue weighted by Crippen LogP contribution is -2.59. The molecule has 3 amide bonds. The highest BCUT2D eigenvalue weighted by atomic mass is 19.2. The number of rotatable bonds is 2. The molecule has 0 aromatic heterocycles. The van der Waals surface area contributed by atoms with E-state index in [0.717, 1.165) is 12.1 Å². The van der Waals surface area contributed by atoms with Crippen LogP contribution < -0.4 is 5.32 Å². The second kappa shape index (κ2) is 5.94. The molecule has 0 bridgehead atoms. The predicted octanol–water partition coefficient (Wildman–Crippen LogP) is -0.00480. The minimum absolute atomic E-state index is 0.0342. The Morgan fingerprint density at radius 1 is 1.13 bits per heavy atom. The highest BCUT2D eigenvalue weighted by Gasteiger charge is 2.39. The summed E-state index contributed by atoms with van der Waals surface area (Å²) < 4.78 is 26.0. The average molecular weight is 323 g/mol. The lowest BCUT2D eigenvalue weighted by atomic mass is 9.96. The molecule has 2 heterocycles. The highest BCUT2D eigenvalue weighted by molar-refractivity contribution is 5.96. The van der Waals surface area contributed by atoms with Crippen molar-refractivity contribution in [3.63, 3.8) is 0 Å². The molecule has 1 aromatic carbocycles. The molecule has 1 N–H and O–H groups in total. The van der Waals surface area contributed by atoms with Crippen molar-refractivity contribution in [2.45, 2.75) is 0 Å². The van der Waals surface area contributed by atoms with E-state index < -0.39 is 17.5 Å². The molecule has 2 aliphatic rings. The van der Waals surface area contributed by atoms with E-state index in [4.69, 9.17) is 0 Å². The Hall–Kier alpha value is -2.51. The molecule has 0 aliphatic carbocycles. The molecule has 8 heteroatoms. The summed E-state index contributed by atoms with van der Waals surface area (Å²) in [5, 5.41) is 2.64. The fourth-order valence-electron chi connectivity index (χ4n) is 2.70. The van der Waals surface area contributed by atoms with Crippen molar-refractivity contribution in [1.82, 2.24) is 15.1 Å². The van der Waals surface area contributed by atoms with Crippen LogP contribution in [-0.4, -0.2) is 60.2 Å². The highest BCUT2D eigenvalue weighted by Crippen LogP contribution is 2.22. The van der Waals surface area contributed by atoms with Gasteiger partial charge < -0.3 is 15.1 Å². The Labute approximate surface area is 131 Å². The van der Waals surface area contributed by atoms with Crippen molar-refractivity contribution in [2.75, 3.05) is 32.7 Å². The number of nitrogens with zero attached hydrogens (tertiary/aromatic N) is 2. The Morgan fingerprint density at radius 3 is 2.52 bits per heavy atom. The summed E-state index contributed by atoms with van der Waals surface area (Å²) in [7, 11) is 0. The van der Waals surface area contributed by atoms with Gasteiger partial charge in [0.1, 0.15) is 0 Å². The Kier molecular flexibility index (Phi) is 3.97. The second-order valence-electron chi connectivity index (χ2n) is 5.65. The quantitative estimate of drug-likeness (QED) is 0.833. The molecule has 0 radical (unpaired) electrons. The lowest BCUT2D eigenvalue weighted by molar-refractivity contribution is -0.144. The normalized spacial score (nSPS) is 18.4. The van der Waals surface area contributed by atoms with Crippen LogP contribution in [0.4, 0.5) is 8.78 Å². The minimum atomic E-state index is -1.08. The van der Waals surface area contributed by atoms with Crippen molar-refractivity contribution < 1.29 is 23.2 Å². The van der Waals surface area contributed by atoms with Crippen LogP contribution in [0.15, 0.2) is 18.2 Å². The first-order valence-electron chi connectivity index (χ1n) is 7.25. The molecule has 2 saturated heterocycles. The number of nitrogens with one attached hydrogen (secondary N) is 1. The zero-order valence-electron chi connectivity index (χ0n) is 12.2. The van der Waals surface area contributed by atoms with Crippen molar-refractivity contribution in [1.29, 1.82) is 0 Å². The molecule has 3 rings (SSSR count). The van der Waals surface area contributed by atoms with Crippen LogP contribution in [0.25, 0.3) is 0 Å². The predicted molar refractivity (Wildman–Crippen MR) is 75.3 cm³/mol. The van der Waals surface area contributed by atoms with Crippen LogP contribution in [0.3, 0.4) is 0 Å². The van der Waals surface area contributed by atoms with Gasteiger partial charge in [0.15, 0.2) is 11.6 Å². The van der Waals surface area contributed by atoms with Gasteiger partial charge in [-0.1, -0.05) is 0 Å². The number of likely N-dealkylation sites (tertiary alicyclic amines) is 1. The van der Waals surface area contributed by atoms with Crippen molar-refractivity contribution in [3.8, 4) is 0 Å². The fourth-order valence-corrected chi connectivity index (χ4v) is 2.70. The maximum Gasteiger partial charge on any atom is 0.254 e. The van der Waals surface area contributed by atoms with Gasteiger partial charge in [-0.15, -0.1) is 0 Å². The molecular weight excluding hydrogens is 308 g/mol. The van der Waals surface area contributed by atoms with E-state index in [2.05, 4.69) is 5.32 Å². The maximum atomic E-state index is 13.2. The van der Waals surface area contributed by atoms with E-state index in [1.807, 2.05) is 0 Å². The van der Waals surface area contributed by atoms with Crippen LogP contribution in [0.5, 0.6) is 0 Å². The molecule has 6 nitrogen and oxygen atoms in total. The molecule has 2 fully saturated rings. The van der Waals surface area contributed by atoms with Crippen molar-refractivity contribution >= 4 is 17.7 Å². The third kappa shape index (κ3) is 3.01. The summed E-state index contributed by atoms with van der Waals surface area (Å²) >= 11 is 0. The average Bonchev–Trinajstić information content (AvgIpc) is 2.48. The van der Waals surface area contributed by atoms with E-state index in [9.17, 15) is 23.2 Å². The molecular formula is C15H15F2N3O3. The van der Waals surface area contributed by atoms with E-state index in [-0.39, 0.29) is 42.9 Å². The van der Waals surface area contributed by atoms with Crippen molar-refractivity contribution in [2.24, 2.45) is 5.92 Å². The zero-order chi connectivity index (χ0) is 16.6. The second-order valence-corrected chi connectivity index (χ2v) is 5.65. The monoisotopic (exact) mass is 323 g/mol. The fraction of sp³-hybridized carbons (Fsp3) is 0.400. The van der Waals surface area contributed by atoms with E-state index in [1.54, 1.807) is 0 Å². The van der Waals surface area contributed by atoms with Gasteiger partial charge in [0.2, 0.25) is 11.8 Å². The number of carbonyl (C=O) groups is 3. The Morgan fingerprint density at radius 2 is 1.87 bits per heavy atom. The van der Waals surface area contributed by atoms with E-state index in [1.165, 1.54) is 15.9 Å². The van der Waals surface area contributed by atoms with Gasteiger partial charge in [0.25, 0.3) is 5.91 Å². The Balaban J connectivity index is 1.57. The molecule has 2 aliphatic heterocycles. The summed E-state index contributed by atoms with van der Waals surface area (Å²) in [4.78, 5) is 38.5. The number of benzene rings is 1. The summed E-state index contributed by atoms with van der Waals surface area (Å²) in [5.41, 5.74) is 0.0483. The number of carbonyl (C=O) groups excluding carboxylic acids is 3. The topological polar surface area (TPSA) is 69.7 Å². The summed E-state index contributed by atoms with van der Waals surface area (Å²) in [6.45, 7) is 1.35. The van der Waals surface area contributed by atoms with Gasteiger partial charge in [-0.25, -0.2) is 8.78 Å². The zero-order valence-corrected chi connectivity index (χ0v) is 12.2. The van der Waals surface area contributed by atoms with Gasteiger partial charge in [-0.2, -0.15) is 0 Å². The molecule has 1 aromatic rings.